The van der Waals surface area contributed by atoms with Gasteiger partial charge in [-0.15, -0.1) is 10.2 Å². The van der Waals surface area contributed by atoms with Crippen LogP contribution in [0.2, 0.25) is 5.02 Å². The molecule has 0 radical (unpaired) electrons. The maximum absolute atomic E-state index is 5.95. The van der Waals surface area contributed by atoms with Crippen LogP contribution < -0.4 is 9.47 Å². The fraction of sp³-hybridized carbons (Fsp3) is 0.300. The second-order valence-corrected chi connectivity index (χ2v) is 7.30. The highest BCUT2D eigenvalue weighted by molar-refractivity contribution is 7.98. The summed E-state index contributed by atoms with van der Waals surface area (Å²) in [5.41, 5.74) is 2.31. The van der Waals surface area contributed by atoms with Crippen LogP contribution in [-0.4, -0.2) is 29.0 Å². The molecule has 0 unspecified atom stereocenters. The molecule has 2 aromatic carbocycles. The molecule has 0 saturated heterocycles. The largest absolute Gasteiger partial charge is 0.493 e. The van der Waals surface area contributed by atoms with Crippen molar-refractivity contribution in [3.8, 4) is 11.5 Å². The Morgan fingerprint density at radius 1 is 0.963 bits per heavy atom. The predicted molar refractivity (Wildman–Crippen MR) is 109 cm³/mol. The van der Waals surface area contributed by atoms with Crippen molar-refractivity contribution in [1.29, 1.82) is 0 Å². The molecule has 1 aromatic heterocycles. The highest BCUT2D eigenvalue weighted by atomic mass is 35.5. The summed E-state index contributed by atoms with van der Waals surface area (Å²) in [5.74, 6) is 3.20. The maximum atomic E-state index is 5.95. The van der Waals surface area contributed by atoms with E-state index in [4.69, 9.17) is 21.1 Å². The Labute approximate surface area is 168 Å². The molecule has 1 heterocycles. The molecule has 0 saturated carbocycles. The van der Waals surface area contributed by atoms with Crippen LogP contribution >= 0.6 is 23.4 Å². The van der Waals surface area contributed by atoms with Gasteiger partial charge in [-0.2, -0.15) is 0 Å². The molecule has 0 aliphatic carbocycles. The summed E-state index contributed by atoms with van der Waals surface area (Å²) >= 11 is 7.62. The first-order valence-electron chi connectivity index (χ1n) is 8.64. The maximum Gasteiger partial charge on any atom is 0.191 e. The third-order valence-electron chi connectivity index (χ3n) is 4.20. The molecule has 0 spiro atoms. The Kier molecular flexibility index (Phi) is 6.63. The molecule has 0 aliphatic heterocycles. The van der Waals surface area contributed by atoms with E-state index >= 15 is 0 Å². The van der Waals surface area contributed by atoms with Gasteiger partial charge in [-0.25, -0.2) is 0 Å². The van der Waals surface area contributed by atoms with Crippen molar-refractivity contribution in [2.75, 3.05) is 14.2 Å². The first kappa shape index (κ1) is 19.6. The van der Waals surface area contributed by atoms with Gasteiger partial charge in [-0.1, -0.05) is 41.6 Å². The van der Waals surface area contributed by atoms with E-state index in [0.29, 0.717) is 6.42 Å². The topological polar surface area (TPSA) is 49.2 Å². The lowest BCUT2D eigenvalue weighted by atomic mass is 10.1. The predicted octanol–water partition coefficient (Wildman–Crippen LogP) is 4.85. The Bertz CT molecular complexity index is 897. The summed E-state index contributed by atoms with van der Waals surface area (Å²) < 4.78 is 12.8. The Balaban J connectivity index is 1.74. The SMILES string of the molecule is CCn1c(Cc2ccc(OC)c(OC)c2)nnc1SCc1ccc(Cl)cc1. The Morgan fingerprint density at radius 3 is 2.33 bits per heavy atom. The van der Waals surface area contributed by atoms with Crippen molar-refractivity contribution in [3.05, 3.63) is 64.4 Å². The molecule has 0 fully saturated rings. The van der Waals surface area contributed by atoms with Crippen molar-refractivity contribution in [1.82, 2.24) is 14.8 Å². The number of nitrogens with zero attached hydrogens (tertiary/aromatic N) is 3. The molecule has 7 heteroatoms. The van der Waals surface area contributed by atoms with Crippen LogP contribution in [0.15, 0.2) is 47.6 Å². The molecule has 0 atom stereocenters. The zero-order valence-corrected chi connectivity index (χ0v) is 17.2. The zero-order chi connectivity index (χ0) is 19.2. The second kappa shape index (κ2) is 9.15. The van der Waals surface area contributed by atoms with Crippen molar-refractivity contribution < 1.29 is 9.47 Å². The van der Waals surface area contributed by atoms with Gasteiger partial charge in [0, 0.05) is 23.7 Å². The molecular formula is C20H22ClN3O2S. The van der Waals surface area contributed by atoms with Crippen molar-refractivity contribution in [2.45, 2.75) is 30.8 Å². The van der Waals surface area contributed by atoms with Gasteiger partial charge in [0.05, 0.1) is 14.2 Å². The van der Waals surface area contributed by atoms with Gasteiger partial charge in [0.15, 0.2) is 16.7 Å². The minimum atomic E-state index is 0.683. The first-order chi connectivity index (χ1) is 13.1. The highest BCUT2D eigenvalue weighted by Crippen LogP contribution is 2.29. The number of thioether (sulfide) groups is 1. The molecule has 3 aromatic rings. The summed E-state index contributed by atoms with van der Waals surface area (Å²) in [6.07, 6.45) is 0.683. The van der Waals surface area contributed by atoms with Gasteiger partial charge in [0.25, 0.3) is 0 Å². The van der Waals surface area contributed by atoms with Crippen LogP contribution in [0.3, 0.4) is 0 Å². The smallest absolute Gasteiger partial charge is 0.191 e. The highest BCUT2D eigenvalue weighted by Gasteiger charge is 2.13. The molecule has 0 aliphatic rings. The second-order valence-electron chi connectivity index (χ2n) is 5.92. The van der Waals surface area contributed by atoms with Gasteiger partial charge >= 0.3 is 0 Å². The monoisotopic (exact) mass is 403 g/mol. The summed E-state index contributed by atoms with van der Waals surface area (Å²) in [5, 5.41) is 10.5. The van der Waals surface area contributed by atoms with E-state index in [0.717, 1.165) is 45.4 Å². The fourth-order valence-electron chi connectivity index (χ4n) is 2.78. The van der Waals surface area contributed by atoms with E-state index < -0.39 is 0 Å². The Hall–Kier alpha value is -2.18. The quantitative estimate of drug-likeness (QED) is 0.503. The van der Waals surface area contributed by atoms with E-state index in [1.54, 1.807) is 26.0 Å². The number of ether oxygens (including phenoxy) is 2. The van der Waals surface area contributed by atoms with E-state index in [-0.39, 0.29) is 0 Å². The minimum Gasteiger partial charge on any atom is -0.493 e. The molecule has 5 nitrogen and oxygen atoms in total. The van der Waals surface area contributed by atoms with E-state index in [9.17, 15) is 0 Å². The van der Waals surface area contributed by atoms with Crippen LogP contribution in [-0.2, 0) is 18.7 Å². The number of hydrogen-bond acceptors (Lipinski definition) is 5. The first-order valence-corrected chi connectivity index (χ1v) is 10.0. The number of rotatable bonds is 8. The number of hydrogen-bond donors (Lipinski definition) is 0. The molecule has 0 bridgehead atoms. The Morgan fingerprint density at radius 2 is 1.67 bits per heavy atom. The zero-order valence-electron chi connectivity index (χ0n) is 15.6. The lowest BCUT2D eigenvalue weighted by molar-refractivity contribution is 0.354. The lowest BCUT2D eigenvalue weighted by Gasteiger charge is -2.10. The normalized spacial score (nSPS) is 10.8. The number of benzene rings is 2. The summed E-state index contributed by atoms with van der Waals surface area (Å²) in [6, 6.07) is 13.8. The van der Waals surface area contributed by atoms with E-state index in [2.05, 4.69) is 21.7 Å². The van der Waals surface area contributed by atoms with E-state index in [1.165, 1.54) is 5.56 Å². The standard InChI is InChI=1S/C20H22ClN3O2S/c1-4-24-19(12-15-7-10-17(25-2)18(11-15)26-3)22-23-20(24)27-13-14-5-8-16(21)9-6-14/h5-11H,4,12-13H2,1-3H3. The van der Waals surface area contributed by atoms with Crippen LogP contribution in [0.5, 0.6) is 11.5 Å². The van der Waals surface area contributed by atoms with Gasteiger partial charge in [-0.3, -0.25) is 0 Å². The van der Waals surface area contributed by atoms with Gasteiger partial charge in [0.2, 0.25) is 0 Å². The van der Waals surface area contributed by atoms with E-state index in [1.807, 2.05) is 42.5 Å². The average molecular weight is 404 g/mol. The number of halogens is 1. The average Bonchev–Trinajstić information content (AvgIpc) is 3.08. The fourth-order valence-corrected chi connectivity index (χ4v) is 3.88. The molecule has 0 amide bonds. The van der Waals surface area contributed by atoms with Crippen molar-refractivity contribution in [3.63, 3.8) is 0 Å². The number of methoxy groups -OCH3 is 2. The van der Waals surface area contributed by atoms with Crippen molar-refractivity contribution >= 4 is 23.4 Å². The summed E-state index contributed by atoms with van der Waals surface area (Å²) in [7, 11) is 3.27. The van der Waals surface area contributed by atoms with Crippen LogP contribution in [0.1, 0.15) is 23.9 Å². The van der Waals surface area contributed by atoms with Gasteiger partial charge in [-0.05, 0) is 42.3 Å². The molecule has 142 valence electrons. The summed E-state index contributed by atoms with van der Waals surface area (Å²) in [6.45, 7) is 2.92. The van der Waals surface area contributed by atoms with Crippen LogP contribution in [0.4, 0.5) is 0 Å². The molecular weight excluding hydrogens is 382 g/mol. The molecule has 0 N–H and O–H groups in total. The van der Waals surface area contributed by atoms with Gasteiger partial charge in [0.1, 0.15) is 5.82 Å². The van der Waals surface area contributed by atoms with Crippen LogP contribution in [0, 0.1) is 0 Å². The summed E-state index contributed by atoms with van der Waals surface area (Å²) in [4.78, 5) is 0. The third-order valence-corrected chi connectivity index (χ3v) is 5.49. The number of aromatic nitrogens is 3. The molecule has 27 heavy (non-hydrogen) atoms. The lowest BCUT2D eigenvalue weighted by Crippen LogP contribution is -2.04. The third kappa shape index (κ3) is 4.76. The minimum absolute atomic E-state index is 0.683. The van der Waals surface area contributed by atoms with Crippen LogP contribution in [0.25, 0.3) is 0 Å². The van der Waals surface area contributed by atoms with Crippen molar-refractivity contribution in [2.24, 2.45) is 0 Å². The molecule has 3 rings (SSSR count). The van der Waals surface area contributed by atoms with Gasteiger partial charge < -0.3 is 14.0 Å².